The first-order valence-electron chi connectivity index (χ1n) is 9.29. The van der Waals surface area contributed by atoms with Crippen LogP contribution in [0.5, 0.6) is 0 Å². The molecule has 2 heterocycles. The van der Waals surface area contributed by atoms with Gasteiger partial charge in [0.1, 0.15) is 6.04 Å². The van der Waals surface area contributed by atoms with E-state index < -0.39 is 17.9 Å². The number of carbonyl (C=O) groups excluding carboxylic acids is 1. The Morgan fingerprint density at radius 1 is 1.19 bits per heavy atom. The standard InChI is InChI=1S/C21H17ClN4O4S/c22-14-5-3-4-12(8-14)19-25-26-21(30-19)31-11-18(27)24-17(20(28)29)9-13-10-23-16-7-2-1-6-15(13)16/h1-8,10,17,23H,9,11H2,(H,24,27)(H,28,29)/t17-/m0/s1. The predicted molar refractivity (Wildman–Crippen MR) is 117 cm³/mol. The number of nitrogens with zero attached hydrogens (tertiary/aromatic N) is 2. The molecule has 0 bridgehead atoms. The Labute approximate surface area is 186 Å². The lowest BCUT2D eigenvalue weighted by Crippen LogP contribution is -2.43. The number of hydrogen-bond donors (Lipinski definition) is 3. The van der Waals surface area contributed by atoms with E-state index in [-0.39, 0.29) is 23.3 Å². The molecule has 1 atom stereocenters. The molecule has 0 spiro atoms. The number of H-pyrrole nitrogens is 1. The number of aliphatic carboxylic acids is 1. The summed E-state index contributed by atoms with van der Waals surface area (Å²) in [5.41, 5.74) is 2.40. The summed E-state index contributed by atoms with van der Waals surface area (Å²) in [6, 6.07) is 13.5. The van der Waals surface area contributed by atoms with Crippen molar-refractivity contribution >= 4 is 46.1 Å². The van der Waals surface area contributed by atoms with Crippen molar-refractivity contribution in [2.45, 2.75) is 17.7 Å². The summed E-state index contributed by atoms with van der Waals surface area (Å²) in [6.45, 7) is 0. The zero-order valence-corrected chi connectivity index (χ0v) is 17.6. The van der Waals surface area contributed by atoms with E-state index in [1.54, 1.807) is 30.5 Å². The van der Waals surface area contributed by atoms with Crippen LogP contribution in [0.3, 0.4) is 0 Å². The van der Waals surface area contributed by atoms with E-state index in [9.17, 15) is 14.7 Å². The molecule has 3 N–H and O–H groups in total. The number of aromatic amines is 1. The van der Waals surface area contributed by atoms with Crippen LogP contribution in [0.15, 0.2) is 64.4 Å². The smallest absolute Gasteiger partial charge is 0.326 e. The third-order valence-corrected chi connectivity index (χ3v) is 5.59. The van der Waals surface area contributed by atoms with Crippen LogP contribution < -0.4 is 5.32 Å². The van der Waals surface area contributed by atoms with Gasteiger partial charge in [-0.05, 0) is 29.8 Å². The Morgan fingerprint density at radius 3 is 2.84 bits per heavy atom. The summed E-state index contributed by atoms with van der Waals surface area (Å²) in [4.78, 5) is 27.1. The van der Waals surface area contributed by atoms with Crippen molar-refractivity contribution in [3.05, 3.63) is 65.3 Å². The molecule has 10 heteroatoms. The number of aromatic nitrogens is 3. The third kappa shape index (κ3) is 5.07. The molecule has 0 saturated heterocycles. The average molecular weight is 457 g/mol. The lowest BCUT2D eigenvalue weighted by Gasteiger charge is -2.13. The topological polar surface area (TPSA) is 121 Å². The van der Waals surface area contributed by atoms with Crippen molar-refractivity contribution < 1.29 is 19.1 Å². The molecule has 0 aliphatic rings. The van der Waals surface area contributed by atoms with Crippen LogP contribution in [0.2, 0.25) is 5.02 Å². The number of halogens is 1. The first kappa shape index (κ1) is 21.0. The molecule has 0 saturated carbocycles. The van der Waals surface area contributed by atoms with Gasteiger partial charge in [-0.15, -0.1) is 10.2 Å². The van der Waals surface area contributed by atoms with Crippen molar-refractivity contribution in [3.63, 3.8) is 0 Å². The number of benzene rings is 2. The summed E-state index contributed by atoms with van der Waals surface area (Å²) in [5, 5.41) is 21.6. The zero-order chi connectivity index (χ0) is 21.8. The Hall–Kier alpha value is -3.30. The Morgan fingerprint density at radius 2 is 2.03 bits per heavy atom. The van der Waals surface area contributed by atoms with E-state index in [1.807, 2.05) is 24.3 Å². The molecular formula is C21H17ClN4O4S. The van der Waals surface area contributed by atoms with Crippen molar-refractivity contribution in [1.29, 1.82) is 0 Å². The quantitative estimate of drug-likeness (QED) is 0.345. The Balaban J connectivity index is 1.36. The van der Waals surface area contributed by atoms with Gasteiger partial charge in [-0.25, -0.2) is 4.79 Å². The van der Waals surface area contributed by atoms with Gasteiger partial charge >= 0.3 is 5.97 Å². The highest BCUT2D eigenvalue weighted by Crippen LogP contribution is 2.25. The number of hydrogen-bond acceptors (Lipinski definition) is 6. The number of carboxylic acids is 1. The van der Waals surface area contributed by atoms with Gasteiger partial charge in [0, 0.05) is 34.1 Å². The van der Waals surface area contributed by atoms with Crippen LogP contribution in [0, 0.1) is 0 Å². The molecule has 2 aromatic heterocycles. The first-order chi connectivity index (χ1) is 15.0. The summed E-state index contributed by atoms with van der Waals surface area (Å²) >= 11 is 6.99. The molecular weight excluding hydrogens is 440 g/mol. The SMILES string of the molecule is O=C(CSc1nnc(-c2cccc(Cl)c2)o1)N[C@@H](Cc1c[nH]c2ccccc12)C(=O)O. The largest absolute Gasteiger partial charge is 0.480 e. The Bertz CT molecular complexity index is 1240. The van der Waals surface area contributed by atoms with Crippen LogP contribution in [0.4, 0.5) is 0 Å². The molecule has 4 rings (SSSR count). The second-order valence-corrected chi connectivity index (χ2v) is 8.06. The number of rotatable bonds is 8. The van der Waals surface area contributed by atoms with Crippen LogP contribution >= 0.6 is 23.4 Å². The molecule has 0 unspecified atom stereocenters. The molecule has 4 aromatic rings. The van der Waals surface area contributed by atoms with E-state index in [0.29, 0.717) is 10.6 Å². The number of fused-ring (bicyclic) bond motifs is 1. The fourth-order valence-electron chi connectivity index (χ4n) is 3.09. The lowest BCUT2D eigenvalue weighted by molar-refractivity contribution is -0.141. The molecule has 0 aliphatic heterocycles. The third-order valence-electron chi connectivity index (χ3n) is 4.54. The van der Waals surface area contributed by atoms with Gasteiger partial charge in [-0.3, -0.25) is 4.79 Å². The number of para-hydroxylation sites is 1. The fourth-order valence-corrected chi connectivity index (χ4v) is 3.85. The summed E-state index contributed by atoms with van der Waals surface area (Å²) < 4.78 is 5.54. The molecule has 1 amide bonds. The maximum Gasteiger partial charge on any atom is 0.326 e. The molecule has 8 nitrogen and oxygen atoms in total. The van der Waals surface area contributed by atoms with Crippen molar-refractivity contribution in [2.24, 2.45) is 0 Å². The Kier molecular flexibility index (Phi) is 6.24. The van der Waals surface area contributed by atoms with Crippen LogP contribution in [0.25, 0.3) is 22.4 Å². The van der Waals surface area contributed by atoms with Gasteiger partial charge in [-0.2, -0.15) is 0 Å². The molecule has 0 radical (unpaired) electrons. The van der Waals surface area contributed by atoms with Gasteiger partial charge in [0.2, 0.25) is 11.8 Å². The summed E-state index contributed by atoms with van der Waals surface area (Å²) in [7, 11) is 0. The molecule has 0 fully saturated rings. The van der Waals surface area contributed by atoms with Gasteiger partial charge in [0.05, 0.1) is 5.75 Å². The maximum atomic E-state index is 12.3. The molecule has 2 aromatic carbocycles. The molecule has 158 valence electrons. The van der Waals surface area contributed by atoms with Gasteiger partial charge in [0.15, 0.2) is 0 Å². The van der Waals surface area contributed by atoms with Crippen LogP contribution in [0.1, 0.15) is 5.56 Å². The minimum absolute atomic E-state index is 0.0607. The van der Waals surface area contributed by atoms with Crippen molar-refractivity contribution in [2.75, 3.05) is 5.75 Å². The number of carboxylic acid groups (broad SMARTS) is 1. The zero-order valence-electron chi connectivity index (χ0n) is 16.0. The number of carbonyl (C=O) groups is 2. The number of nitrogens with one attached hydrogen (secondary N) is 2. The first-order valence-corrected chi connectivity index (χ1v) is 10.7. The number of thioether (sulfide) groups is 1. The average Bonchev–Trinajstić information content (AvgIpc) is 3.39. The fraction of sp³-hybridized carbons (Fsp3) is 0.143. The summed E-state index contributed by atoms with van der Waals surface area (Å²) in [6.07, 6.45) is 1.92. The normalized spacial score (nSPS) is 12.0. The van der Waals surface area contributed by atoms with E-state index >= 15 is 0 Å². The van der Waals surface area contributed by atoms with E-state index in [2.05, 4.69) is 20.5 Å². The van der Waals surface area contributed by atoms with E-state index in [1.165, 1.54) is 0 Å². The highest BCUT2D eigenvalue weighted by atomic mass is 35.5. The monoisotopic (exact) mass is 456 g/mol. The van der Waals surface area contributed by atoms with Gasteiger partial charge in [0.25, 0.3) is 5.22 Å². The second kappa shape index (κ2) is 9.23. The minimum atomic E-state index is -1.11. The molecule has 0 aliphatic carbocycles. The van der Waals surface area contributed by atoms with Crippen molar-refractivity contribution in [3.8, 4) is 11.5 Å². The minimum Gasteiger partial charge on any atom is -0.480 e. The van der Waals surface area contributed by atoms with E-state index in [0.717, 1.165) is 28.2 Å². The second-order valence-electron chi connectivity index (χ2n) is 6.69. The summed E-state index contributed by atoms with van der Waals surface area (Å²) in [5.74, 6) is -1.33. The van der Waals surface area contributed by atoms with E-state index in [4.69, 9.17) is 16.0 Å². The predicted octanol–water partition coefficient (Wildman–Crippen LogP) is 3.78. The van der Waals surface area contributed by atoms with Gasteiger partial charge in [-0.1, -0.05) is 47.6 Å². The van der Waals surface area contributed by atoms with Crippen LogP contribution in [-0.4, -0.2) is 44.0 Å². The maximum absolute atomic E-state index is 12.3. The highest BCUT2D eigenvalue weighted by molar-refractivity contribution is 7.99. The van der Waals surface area contributed by atoms with Crippen molar-refractivity contribution in [1.82, 2.24) is 20.5 Å². The highest BCUT2D eigenvalue weighted by Gasteiger charge is 2.22. The van der Waals surface area contributed by atoms with Crippen LogP contribution in [-0.2, 0) is 16.0 Å². The lowest BCUT2D eigenvalue weighted by atomic mass is 10.1. The number of amides is 1. The molecule has 31 heavy (non-hydrogen) atoms. The van der Waals surface area contributed by atoms with Gasteiger partial charge < -0.3 is 19.8 Å².